The number of benzene rings is 1. The summed E-state index contributed by atoms with van der Waals surface area (Å²) in [5.41, 5.74) is 0.961. The van der Waals surface area contributed by atoms with E-state index in [-0.39, 0.29) is 24.0 Å². The van der Waals surface area contributed by atoms with E-state index in [2.05, 4.69) is 10.2 Å². The summed E-state index contributed by atoms with van der Waals surface area (Å²) in [5, 5.41) is 13.2. The van der Waals surface area contributed by atoms with Gasteiger partial charge in [-0.2, -0.15) is 0 Å². The van der Waals surface area contributed by atoms with Crippen LogP contribution in [0, 0.1) is 5.92 Å². The number of nitrogens with one attached hydrogen (secondary N) is 1. The third kappa shape index (κ3) is 4.51. The molecule has 1 aliphatic heterocycles. The smallest absolute Gasteiger partial charge is 0.234 e. The number of rotatable bonds is 6. The predicted octanol–water partition coefficient (Wildman–Crippen LogP) is 1.17. The Morgan fingerprint density at radius 2 is 2.24 bits per heavy atom. The Bertz CT molecular complexity index is 580. The zero-order chi connectivity index (χ0) is 17.6. The molecule has 1 amide bonds. The van der Waals surface area contributed by atoms with Gasteiger partial charge in [-0.05, 0) is 18.9 Å². The van der Waals surface area contributed by atoms with Crippen LogP contribution in [0.3, 0.4) is 0 Å². The molecule has 2 fully saturated rings. The first-order valence-corrected chi connectivity index (χ1v) is 9.07. The summed E-state index contributed by atoms with van der Waals surface area (Å²) >= 11 is 0. The zero-order valence-electron chi connectivity index (χ0n) is 14.8. The molecule has 3 atom stereocenters. The van der Waals surface area contributed by atoms with Crippen molar-refractivity contribution in [1.82, 2.24) is 10.2 Å². The molecule has 6 heteroatoms. The highest BCUT2D eigenvalue weighted by molar-refractivity contribution is 5.78. The van der Waals surface area contributed by atoms with Gasteiger partial charge in [-0.1, -0.05) is 24.6 Å². The van der Waals surface area contributed by atoms with Crippen molar-refractivity contribution in [2.24, 2.45) is 5.92 Å². The average molecular weight is 348 g/mol. The van der Waals surface area contributed by atoms with Gasteiger partial charge < -0.3 is 19.9 Å². The van der Waals surface area contributed by atoms with Crippen molar-refractivity contribution in [1.29, 1.82) is 0 Å². The topological polar surface area (TPSA) is 71.0 Å². The Kier molecular flexibility index (Phi) is 6.29. The summed E-state index contributed by atoms with van der Waals surface area (Å²) in [7, 11) is 1.63. The van der Waals surface area contributed by atoms with E-state index in [1.807, 2.05) is 24.3 Å². The number of hydrogen-bond donors (Lipinski definition) is 2. The minimum Gasteiger partial charge on any atom is -0.496 e. The lowest BCUT2D eigenvalue weighted by atomic mass is 9.94. The number of carbonyl (C=O) groups is 1. The number of hydrogen-bond acceptors (Lipinski definition) is 5. The number of nitrogens with zero attached hydrogens (tertiary/aromatic N) is 1. The predicted molar refractivity (Wildman–Crippen MR) is 94.4 cm³/mol. The van der Waals surface area contributed by atoms with Crippen LogP contribution in [0.4, 0.5) is 0 Å². The quantitative estimate of drug-likeness (QED) is 0.808. The molecule has 138 valence electrons. The lowest BCUT2D eigenvalue weighted by molar-refractivity contribution is -0.126. The van der Waals surface area contributed by atoms with Crippen LogP contribution in [0.5, 0.6) is 5.75 Å². The summed E-state index contributed by atoms with van der Waals surface area (Å²) in [6, 6.07) is 7.81. The number of methoxy groups -OCH3 is 1. The maximum Gasteiger partial charge on any atom is 0.234 e. The molecule has 2 aliphatic rings. The van der Waals surface area contributed by atoms with E-state index >= 15 is 0 Å². The number of para-hydroxylation sites is 1. The molecule has 6 nitrogen and oxygen atoms in total. The van der Waals surface area contributed by atoms with E-state index in [1.54, 1.807) is 7.11 Å². The fourth-order valence-corrected chi connectivity index (χ4v) is 3.95. The second-order valence-corrected chi connectivity index (χ2v) is 6.86. The summed E-state index contributed by atoms with van der Waals surface area (Å²) in [5.74, 6) is 0.980. The van der Waals surface area contributed by atoms with Crippen LogP contribution in [-0.4, -0.2) is 61.5 Å². The standard InChI is InChI=1S/C19H28N2O4/c1-24-18-8-3-2-5-14(18)11-20-19(23)12-21-9-10-25-13-16(21)15-6-4-7-17(15)22/h2-3,5,8,15-17,22H,4,6-7,9-13H2,1H3,(H,20,23)/t15-,16-,17+/m1/s1. The van der Waals surface area contributed by atoms with Crippen LogP contribution < -0.4 is 10.1 Å². The third-order valence-electron chi connectivity index (χ3n) is 5.32. The highest BCUT2D eigenvalue weighted by Crippen LogP contribution is 2.32. The molecular weight excluding hydrogens is 320 g/mol. The summed E-state index contributed by atoms with van der Waals surface area (Å²) < 4.78 is 10.9. The van der Waals surface area contributed by atoms with Crippen LogP contribution in [0.2, 0.25) is 0 Å². The number of carbonyl (C=O) groups excluding carboxylic acids is 1. The molecule has 0 spiro atoms. The molecule has 1 heterocycles. The molecule has 0 aromatic heterocycles. The lowest BCUT2D eigenvalue weighted by Crippen LogP contribution is -2.53. The molecule has 3 rings (SSSR count). The molecular formula is C19H28N2O4. The van der Waals surface area contributed by atoms with Crippen molar-refractivity contribution in [2.45, 2.75) is 38.0 Å². The van der Waals surface area contributed by atoms with E-state index in [0.29, 0.717) is 26.3 Å². The first-order valence-electron chi connectivity index (χ1n) is 9.07. The van der Waals surface area contributed by atoms with Gasteiger partial charge in [-0.25, -0.2) is 0 Å². The van der Waals surface area contributed by atoms with Gasteiger partial charge in [0, 0.05) is 30.6 Å². The molecule has 1 aromatic rings. The van der Waals surface area contributed by atoms with Crippen molar-refractivity contribution < 1.29 is 19.4 Å². The highest BCUT2D eigenvalue weighted by atomic mass is 16.5. The second kappa shape index (κ2) is 8.65. The fraction of sp³-hybridized carbons (Fsp3) is 0.632. The van der Waals surface area contributed by atoms with Gasteiger partial charge in [0.15, 0.2) is 0 Å². The Morgan fingerprint density at radius 1 is 1.40 bits per heavy atom. The number of aliphatic hydroxyl groups is 1. The molecule has 0 bridgehead atoms. The average Bonchev–Trinajstić information content (AvgIpc) is 3.06. The van der Waals surface area contributed by atoms with Gasteiger partial charge in [-0.3, -0.25) is 9.69 Å². The molecule has 1 aliphatic carbocycles. The summed E-state index contributed by atoms with van der Waals surface area (Å²) in [6.07, 6.45) is 2.64. The van der Waals surface area contributed by atoms with Crippen molar-refractivity contribution in [2.75, 3.05) is 33.4 Å². The number of aliphatic hydroxyl groups excluding tert-OH is 1. The van der Waals surface area contributed by atoms with Gasteiger partial charge in [0.25, 0.3) is 0 Å². The fourth-order valence-electron chi connectivity index (χ4n) is 3.95. The van der Waals surface area contributed by atoms with Crippen molar-refractivity contribution in [3.05, 3.63) is 29.8 Å². The van der Waals surface area contributed by atoms with E-state index in [1.165, 1.54) is 0 Å². The van der Waals surface area contributed by atoms with Crippen molar-refractivity contribution in [3.63, 3.8) is 0 Å². The molecule has 0 unspecified atom stereocenters. The number of ether oxygens (including phenoxy) is 2. The zero-order valence-corrected chi connectivity index (χ0v) is 14.8. The Labute approximate surface area is 149 Å². The Hall–Kier alpha value is -1.63. The minimum absolute atomic E-state index is 0.00899. The first kappa shape index (κ1) is 18.2. The van der Waals surface area contributed by atoms with Gasteiger partial charge in [-0.15, -0.1) is 0 Å². The number of amides is 1. The van der Waals surface area contributed by atoms with Crippen LogP contribution in [0.1, 0.15) is 24.8 Å². The Morgan fingerprint density at radius 3 is 3.00 bits per heavy atom. The van der Waals surface area contributed by atoms with Crippen LogP contribution in [0.15, 0.2) is 24.3 Å². The molecule has 0 radical (unpaired) electrons. The van der Waals surface area contributed by atoms with Gasteiger partial charge >= 0.3 is 0 Å². The maximum atomic E-state index is 12.4. The molecule has 2 N–H and O–H groups in total. The van der Waals surface area contributed by atoms with Gasteiger partial charge in [0.2, 0.25) is 5.91 Å². The number of morpholine rings is 1. The van der Waals surface area contributed by atoms with Gasteiger partial charge in [0.1, 0.15) is 5.75 Å². The van der Waals surface area contributed by atoms with Crippen LogP contribution in [-0.2, 0) is 16.1 Å². The summed E-state index contributed by atoms with van der Waals surface area (Å²) in [4.78, 5) is 14.6. The molecule has 1 aromatic carbocycles. The van der Waals surface area contributed by atoms with Crippen LogP contribution in [0.25, 0.3) is 0 Å². The van der Waals surface area contributed by atoms with Crippen molar-refractivity contribution >= 4 is 5.91 Å². The SMILES string of the molecule is COc1ccccc1CNC(=O)CN1CCOC[C@@H]1[C@H]1CCC[C@@H]1O. The maximum absolute atomic E-state index is 12.4. The van der Waals surface area contributed by atoms with Crippen LogP contribution >= 0.6 is 0 Å². The van der Waals surface area contributed by atoms with E-state index in [4.69, 9.17) is 9.47 Å². The van der Waals surface area contributed by atoms with E-state index in [0.717, 1.165) is 37.1 Å². The Balaban J connectivity index is 1.55. The molecule has 1 saturated carbocycles. The minimum atomic E-state index is -0.272. The molecule has 1 saturated heterocycles. The molecule has 25 heavy (non-hydrogen) atoms. The summed E-state index contributed by atoms with van der Waals surface area (Å²) in [6.45, 7) is 2.76. The highest BCUT2D eigenvalue weighted by Gasteiger charge is 2.38. The third-order valence-corrected chi connectivity index (χ3v) is 5.32. The van der Waals surface area contributed by atoms with Gasteiger partial charge in [0.05, 0.1) is 33.0 Å². The van der Waals surface area contributed by atoms with E-state index < -0.39 is 0 Å². The normalized spacial score (nSPS) is 27.2. The van der Waals surface area contributed by atoms with Crippen molar-refractivity contribution in [3.8, 4) is 5.75 Å². The second-order valence-electron chi connectivity index (χ2n) is 6.86. The van der Waals surface area contributed by atoms with E-state index in [9.17, 15) is 9.90 Å². The lowest BCUT2D eigenvalue weighted by Gasteiger charge is -2.39. The first-order chi connectivity index (χ1) is 12.2. The largest absolute Gasteiger partial charge is 0.496 e. The monoisotopic (exact) mass is 348 g/mol.